The first-order chi connectivity index (χ1) is 13.5. The average Bonchev–Trinajstić information content (AvgIpc) is 2.69. The van der Waals surface area contributed by atoms with Crippen LogP contribution < -0.4 is 10.6 Å². The van der Waals surface area contributed by atoms with Crippen molar-refractivity contribution in [1.29, 1.82) is 0 Å². The number of benzene rings is 3. The number of carbonyl (C=O) groups is 2. The Balaban J connectivity index is 1.61. The fraction of sp³-hybridized carbons (Fsp3) is 0.0476. The van der Waals surface area contributed by atoms with E-state index in [1.54, 1.807) is 60.7 Å². The molecule has 0 aliphatic carbocycles. The highest BCUT2D eigenvalue weighted by Gasteiger charge is 2.06. The van der Waals surface area contributed by atoms with Crippen LogP contribution in [0.3, 0.4) is 0 Å². The van der Waals surface area contributed by atoms with Crippen LogP contribution >= 0.6 is 0 Å². The molecule has 0 saturated carbocycles. The second-order valence-corrected chi connectivity index (χ2v) is 5.98. The number of hydrogen-bond acceptors (Lipinski definition) is 5. The van der Waals surface area contributed by atoms with E-state index < -0.39 is 0 Å². The number of nitrogens with zero attached hydrogens (tertiary/aromatic N) is 2. The molecule has 0 heterocycles. The van der Waals surface area contributed by atoms with Crippen molar-refractivity contribution in [2.75, 3.05) is 10.6 Å². The predicted octanol–water partition coefficient (Wildman–Crippen LogP) is 5.02. The van der Waals surface area contributed by atoms with Gasteiger partial charge in [0, 0.05) is 23.9 Å². The van der Waals surface area contributed by atoms with Crippen molar-refractivity contribution < 1.29 is 14.7 Å². The molecule has 0 fully saturated rings. The molecule has 3 aromatic carbocycles. The van der Waals surface area contributed by atoms with Crippen LogP contribution in [0.15, 0.2) is 83.0 Å². The molecule has 0 unspecified atom stereocenters. The maximum absolute atomic E-state index is 12.3. The van der Waals surface area contributed by atoms with Crippen molar-refractivity contribution in [3.05, 3.63) is 78.4 Å². The van der Waals surface area contributed by atoms with Gasteiger partial charge in [0.2, 0.25) is 5.91 Å². The quantitative estimate of drug-likeness (QED) is 0.546. The second kappa shape index (κ2) is 8.59. The Morgan fingerprint density at radius 3 is 1.71 bits per heavy atom. The number of rotatable bonds is 5. The minimum absolute atomic E-state index is 0.167. The summed E-state index contributed by atoms with van der Waals surface area (Å²) in [4.78, 5) is 23.3. The molecule has 0 aliphatic heterocycles. The lowest BCUT2D eigenvalue weighted by Gasteiger charge is -2.07. The molecule has 7 heteroatoms. The number of phenolic OH excluding ortho intramolecular Hbond substituents is 1. The van der Waals surface area contributed by atoms with Gasteiger partial charge in [0.25, 0.3) is 5.91 Å². The van der Waals surface area contributed by atoms with Gasteiger partial charge in [-0.1, -0.05) is 0 Å². The van der Waals surface area contributed by atoms with E-state index in [9.17, 15) is 14.7 Å². The van der Waals surface area contributed by atoms with Crippen LogP contribution in [0.25, 0.3) is 0 Å². The van der Waals surface area contributed by atoms with Crippen LogP contribution in [0.2, 0.25) is 0 Å². The van der Waals surface area contributed by atoms with Crippen LogP contribution in [0.1, 0.15) is 17.3 Å². The average molecular weight is 374 g/mol. The first-order valence-electron chi connectivity index (χ1n) is 8.49. The number of hydrogen-bond donors (Lipinski definition) is 3. The molecule has 140 valence electrons. The van der Waals surface area contributed by atoms with Gasteiger partial charge >= 0.3 is 0 Å². The number of phenols is 1. The molecule has 28 heavy (non-hydrogen) atoms. The van der Waals surface area contributed by atoms with Crippen LogP contribution in [-0.2, 0) is 4.79 Å². The Kier molecular flexibility index (Phi) is 5.76. The summed E-state index contributed by atoms with van der Waals surface area (Å²) in [5, 5.41) is 22.9. The van der Waals surface area contributed by atoms with Gasteiger partial charge < -0.3 is 15.7 Å². The monoisotopic (exact) mass is 374 g/mol. The number of azo groups is 1. The molecule has 3 N–H and O–H groups in total. The van der Waals surface area contributed by atoms with Crippen LogP contribution in [0.4, 0.5) is 22.7 Å². The first-order valence-corrected chi connectivity index (χ1v) is 8.49. The smallest absolute Gasteiger partial charge is 0.255 e. The van der Waals surface area contributed by atoms with Gasteiger partial charge in [-0.25, -0.2) is 0 Å². The topological polar surface area (TPSA) is 103 Å². The summed E-state index contributed by atoms with van der Waals surface area (Å²) in [6.07, 6.45) is 0. The van der Waals surface area contributed by atoms with E-state index in [0.717, 1.165) is 0 Å². The lowest BCUT2D eigenvalue weighted by Crippen LogP contribution is -2.12. The number of carbonyl (C=O) groups excluding carboxylic acids is 2. The lowest BCUT2D eigenvalue weighted by molar-refractivity contribution is -0.114. The normalized spacial score (nSPS) is 10.6. The summed E-state index contributed by atoms with van der Waals surface area (Å²) in [7, 11) is 0. The zero-order valence-corrected chi connectivity index (χ0v) is 15.1. The molecular formula is C21H18N4O3. The highest BCUT2D eigenvalue weighted by Crippen LogP contribution is 2.22. The molecule has 0 bridgehead atoms. The lowest BCUT2D eigenvalue weighted by atomic mass is 10.2. The number of aromatic hydroxyl groups is 1. The summed E-state index contributed by atoms with van der Waals surface area (Å²) < 4.78 is 0. The second-order valence-electron chi connectivity index (χ2n) is 5.98. The van der Waals surface area contributed by atoms with E-state index in [1.807, 2.05) is 0 Å². The standard InChI is InChI=1S/C21H18N4O3/c1-14(26)22-16-4-2-15(3-5-16)21(28)23-17-6-8-18(9-7-17)24-25-19-10-12-20(27)13-11-19/h2-13,27H,1H3,(H,22,26)(H,23,28). The molecule has 7 nitrogen and oxygen atoms in total. The van der Waals surface area contributed by atoms with E-state index >= 15 is 0 Å². The van der Waals surface area contributed by atoms with E-state index in [2.05, 4.69) is 20.9 Å². The fourth-order valence-corrected chi connectivity index (χ4v) is 2.36. The summed E-state index contributed by atoms with van der Waals surface area (Å²) in [5.41, 5.74) is 2.99. The summed E-state index contributed by atoms with van der Waals surface area (Å²) in [6, 6.07) is 19.9. The molecule has 2 amide bonds. The summed E-state index contributed by atoms with van der Waals surface area (Å²) in [6.45, 7) is 1.43. The van der Waals surface area contributed by atoms with Gasteiger partial charge in [0.05, 0.1) is 11.4 Å². The van der Waals surface area contributed by atoms with Gasteiger partial charge in [-0.2, -0.15) is 10.2 Å². The molecule has 3 aromatic rings. The Morgan fingerprint density at radius 1 is 0.714 bits per heavy atom. The van der Waals surface area contributed by atoms with Crippen LogP contribution in [0, 0.1) is 0 Å². The maximum Gasteiger partial charge on any atom is 0.255 e. The highest BCUT2D eigenvalue weighted by molar-refractivity contribution is 6.04. The predicted molar refractivity (Wildman–Crippen MR) is 107 cm³/mol. The van der Waals surface area contributed by atoms with Crippen LogP contribution in [0.5, 0.6) is 5.75 Å². The van der Waals surface area contributed by atoms with Gasteiger partial charge in [-0.15, -0.1) is 0 Å². The van der Waals surface area contributed by atoms with E-state index in [4.69, 9.17) is 0 Å². The molecule has 0 aliphatic rings. The van der Waals surface area contributed by atoms with Crippen LogP contribution in [-0.4, -0.2) is 16.9 Å². The SMILES string of the molecule is CC(=O)Nc1ccc(C(=O)Nc2ccc(N=Nc3ccc(O)cc3)cc2)cc1. The third kappa shape index (κ3) is 5.25. The minimum Gasteiger partial charge on any atom is -0.508 e. The van der Waals surface area contributed by atoms with Crippen molar-refractivity contribution in [2.24, 2.45) is 10.2 Å². The van der Waals surface area contributed by atoms with Gasteiger partial charge in [-0.3, -0.25) is 9.59 Å². The van der Waals surface area contributed by atoms with Crippen molar-refractivity contribution in [3.8, 4) is 5.75 Å². The van der Waals surface area contributed by atoms with Gasteiger partial charge in [-0.05, 0) is 72.8 Å². The van der Waals surface area contributed by atoms with Crippen molar-refractivity contribution in [1.82, 2.24) is 0 Å². The minimum atomic E-state index is -0.257. The molecule has 3 rings (SSSR count). The molecule has 0 radical (unpaired) electrons. The number of amides is 2. The van der Waals surface area contributed by atoms with Crippen molar-refractivity contribution >= 4 is 34.6 Å². The Labute approximate surface area is 161 Å². The van der Waals surface area contributed by atoms with E-state index in [-0.39, 0.29) is 17.6 Å². The summed E-state index contributed by atoms with van der Waals surface area (Å²) in [5.74, 6) is -0.253. The number of anilines is 2. The van der Waals surface area contributed by atoms with Crippen molar-refractivity contribution in [3.63, 3.8) is 0 Å². The van der Waals surface area contributed by atoms with Gasteiger partial charge in [0.15, 0.2) is 0 Å². The number of nitrogens with one attached hydrogen (secondary N) is 2. The van der Waals surface area contributed by atoms with E-state index in [1.165, 1.54) is 19.1 Å². The molecule has 0 saturated heterocycles. The Bertz CT molecular complexity index is 995. The zero-order valence-electron chi connectivity index (χ0n) is 15.1. The molecular weight excluding hydrogens is 356 g/mol. The maximum atomic E-state index is 12.3. The van der Waals surface area contributed by atoms with Gasteiger partial charge in [0.1, 0.15) is 5.75 Å². The van der Waals surface area contributed by atoms with E-state index in [0.29, 0.717) is 28.3 Å². The molecule has 0 spiro atoms. The third-order valence-electron chi connectivity index (χ3n) is 3.72. The third-order valence-corrected chi connectivity index (χ3v) is 3.72. The molecule has 0 atom stereocenters. The zero-order chi connectivity index (χ0) is 19.9. The fourth-order valence-electron chi connectivity index (χ4n) is 2.36. The Morgan fingerprint density at radius 2 is 1.18 bits per heavy atom. The Hall–Kier alpha value is -4.00. The summed E-state index contributed by atoms with van der Waals surface area (Å²) >= 11 is 0. The highest BCUT2D eigenvalue weighted by atomic mass is 16.3. The van der Waals surface area contributed by atoms with Crippen molar-refractivity contribution in [2.45, 2.75) is 6.92 Å². The largest absolute Gasteiger partial charge is 0.508 e. The first kappa shape index (κ1) is 18.8. The molecule has 0 aromatic heterocycles.